The Kier molecular flexibility index (Phi) is 5.99. The van der Waals surface area contributed by atoms with Crippen LogP contribution < -0.4 is 10.6 Å². The predicted molar refractivity (Wildman–Crippen MR) is 102 cm³/mol. The normalized spacial score (nSPS) is 15.1. The molecule has 0 spiro atoms. The summed E-state index contributed by atoms with van der Waals surface area (Å²) in [4.78, 5) is 24.4. The third-order valence-electron chi connectivity index (χ3n) is 4.29. The van der Waals surface area contributed by atoms with Crippen molar-refractivity contribution in [2.45, 2.75) is 33.1 Å². The molecule has 1 fully saturated rings. The first-order valence-electron chi connectivity index (χ1n) is 8.80. The molecule has 25 heavy (non-hydrogen) atoms. The van der Waals surface area contributed by atoms with E-state index >= 15 is 0 Å². The van der Waals surface area contributed by atoms with Gasteiger partial charge in [0.15, 0.2) is 5.13 Å². The van der Waals surface area contributed by atoms with Crippen LogP contribution in [0.15, 0.2) is 18.2 Å². The van der Waals surface area contributed by atoms with Crippen molar-refractivity contribution in [2.24, 2.45) is 0 Å². The third kappa shape index (κ3) is 4.99. The molecule has 1 amide bonds. The number of thiazole rings is 1. The van der Waals surface area contributed by atoms with Gasteiger partial charge in [-0.05, 0) is 51.9 Å². The second-order valence-electron chi connectivity index (χ2n) is 6.38. The number of nitrogens with zero attached hydrogens (tertiary/aromatic N) is 3. The van der Waals surface area contributed by atoms with Crippen LogP contribution >= 0.6 is 11.3 Å². The molecule has 134 valence electrons. The van der Waals surface area contributed by atoms with E-state index in [4.69, 9.17) is 0 Å². The van der Waals surface area contributed by atoms with Crippen LogP contribution in [-0.4, -0.2) is 47.0 Å². The molecule has 2 N–H and O–H groups in total. The molecule has 1 saturated heterocycles. The monoisotopic (exact) mass is 359 g/mol. The van der Waals surface area contributed by atoms with Gasteiger partial charge in [0.05, 0.1) is 5.69 Å². The quantitative estimate of drug-likeness (QED) is 0.829. The van der Waals surface area contributed by atoms with Crippen LogP contribution in [0.4, 0.5) is 10.9 Å². The SMILES string of the molecule is Cc1cccc(Nc2nc(C)c(C(=O)NCCN3CCCCC3)s2)n1. The smallest absolute Gasteiger partial charge is 0.263 e. The van der Waals surface area contributed by atoms with E-state index in [0.29, 0.717) is 16.6 Å². The number of carbonyl (C=O) groups is 1. The minimum absolute atomic E-state index is 0.0442. The number of pyridine rings is 1. The number of rotatable bonds is 6. The Morgan fingerprint density at radius 1 is 1.20 bits per heavy atom. The Morgan fingerprint density at radius 2 is 2.00 bits per heavy atom. The van der Waals surface area contributed by atoms with Crippen LogP contribution in [0.3, 0.4) is 0 Å². The van der Waals surface area contributed by atoms with Gasteiger partial charge in [-0.3, -0.25) is 4.79 Å². The zero-order valence-corrected chi connectivity index (χ0v) is 15.7. The average Bonchev–Trinajstić information content (AvgIpc) is 2.96. The molecule has 1 aliphatic rings. The molecule has 6 nitrogen and oxygen atoms in total. The van der Waals surface area contributed by atoms with Gasteiger partial charge in [-0.25, -0.2) is 9.97 Å². The summed E-state index contributed by atoms with van der Waals surface area (Å²) >= 11 is 1.37. The van der Waals surface area contributed by atoms with Gasteiger partial charge in [-0.1, -0.05) is 23.8 Å². The standard InChI is InChI=1S/C18H25N5OS/c1-13-7-6-8-15(20-13)22-18-21-14(2)16(25-18)17(24)19-9-12-23-10-4-3-5-11-23/h6-8H,3-5,9-12H2,1-2H3,(H,19,24)(H,20,21,22). The van der Waals surface area contributed by atoms with Gasteiger partial charge in [0.25, 0.3) is 5.91 Å². The van der Waals surface area contributed by atoms with Crippen molar-refractivity contribution in [2.75, 3.05) is 31.5 Å². The minimum atomic E-state index is -0.0442. The van der Waals surface area contributed by atoms with E-state index in [1.165, 1.54) is 30.6 Å². The molecule has 0 aliphatic carbocycles. The lowest BCUT2D eigenvalue weighted by Gasteiger charge is -2.26. The first kappa shape index (κ1) is 17.8. The Morgan fingerprint density at radius 3 is 2.76 bits per heavy atom. The van der Waals surface area contributed by atoms with Crippen LogP contribution in [0, 0.1) is 13.8 Å². The van der Waals surface area contributed by atoms with Crippen molar-refractivity contribution in [3.63, 3.8) is 0 Å². The van der Waals surface area contributed by atoms with Crippen LogP contribution in [0.2, 0.25) is 0 Å². The topological polar surface area (TPSA) is 70.2 Å². The summed E-state index contributed by atoms with van der Waals surface area (Å²) in [6.45, 7) is 7.70. The predicted octanol–water partition coefficient (Wildman–Crippen LogP) is 3.11. The fraction of sp³-hybridized carbons (Fsp3) is 0.500. The van der Waals surface area contributed by atoms with Gasteiger partial charge in [0, 0.05) is 18.8 Å². The van der Waals surface area contributed by atoms with Crippen molar-refractivity contribution in [1.29, 1.82) is 0 Å². The Bertz CT molecular complexity index is 724. The highest BCUT2D eigenvalue weighted by Gasteiger charge is 2.16. The van der Waals surface area contributed by atoms with Gasteiger partial charge < -0.3 is 15.5 Å². The van der Waals surface area contributed by atoms with Crippen LogP contribution in [0.25, 0.3) is 0 Å². The molecule has 3 rings (SSSR count). The van der Waals surface area contributed by atoms with Crippen LogP contribution in [0.1, 0.15) is 40.3 Å². The number of aryl methyl sites for hydroxylation is 2. The fourth-order valence-electron chi connectivity index (χ4n) is 2.97. The summed E-state index contributed by atoms with van der Waals surface area (Å²) in [6, 6.07) is 5.78. The maximum Gasteiger partial charge on any atom is 0.263 e. The van der Waals surface area contributed by atoms with Crippen molar-refractivity contribution >= 4 is 28.2 Å². The van der Waals surface area contributed by atoms with Gasteiger partial charge in [0.1, 0.15) is 10.7 Å². The number of amides is 1. The van der Waals surface area contributed by atoms with Gasteiger partial charge >= 0.3 is 0 Å². The number of likely N-dealkylation sites (tertiary alicyclic amines) is 1. The van der Waals surface area contributed by atoms with Crippen molar-refractivity contribution in [3.8, 4) is 0 Å². The number of hydrogen-bond donors (Lipinski definition) is 2. The maximum absolute atomic E-state index is 12.4. The van der Waals surface area contributed by atoms with E-state index in [0.717, 1.165) is 36.8 Å². The van der Waals surface area contributed by atoms with E-state index in [9.17, 15) is 4.79 Å². The number of aromatic nitrogens is 2. The van der Waals surface area contributed by atoms with E-state index in [1.54, 1.807) is 0 Å². The summed E-state index contributed by atoms with van der Waals surface area (Å²) in [5.74, 6) is 0.697. The van der Waals surface area contributed by atoms with Crippen molar-refractivity contribution < 1.29 is 4.79 Å². The minimum Gasteiger partial charge on any atom is -0.350 e. The molecule has 1 aliphatic heterocycles. The zero-order chi connectivity index (χ0) is 17.6. The highest BCUT2D eigenvalue weighted by molar-refractivity contribution is 7.17. The van der Waals surface area contributed by atoms with E-state index in [-0.39, 0.29) is 5.91 Å². The third-order valence-corrected chi connectivity index (χ3v) is 5.36. The number of nitrogens with one attached hydrogen (secondary N) is 2. The lowest BCUT2D eigenvalue weighted by molar-refractivity contribution is 0.0950. The second-order valence-corrected chi connectivity index (χ2v) is 7.38. The average molecular weight is 359 g/mol. The summed E-state index contributed by atoms with van der Waals surface area (Å²) in [5.41, 5.74) is 1.68. The van der Waals surface area contributed by atoms with Gasteiger partial charge in [-0.15, -0.1) is 0 Å². The molecular weight excluding hydrogens is 334 g/mol. The lowest BCUT2D eigenvalue weighted by Crippen LogP contribution is -2.37. The largest absolute Gasteiger partial charge is 0.350 e. The van der Waals surface area contributed by atoms with Crippen molar-refractivity contribution in [3.05, 3.63) is 34.5 Å². The van der Waals surface area contributed by atoms with Crippen molar-refractivity contribution in [1.82, 2.24) is 20.2 Å². The van der Waals surface area contributed by atoms with Gasteiger partial charge in [0.2, 0.25) is 0 Å². The Balaban J connectivity index is 1.54. The fourth-order valence-corrected chi connectivity index (χ4v) is 3.86. The maximum atomic E-state index is 12.4. The van der Waals surface area contributed by atoms with E-state index < -0.39 is 0 Å². The molecule has 2 aromatic rings. The number of hydrogen-bond acceptors (Lipinski definition) is 6. The number of piperidine rings is 1. The summed E-state index contributed by atoms with van der Waals surface area (Å²) in [5, 5.41) is 6.89. The Labute approximate surface area is 152 Å². The zero-order valence-electron chi connectivity index (χ0n) is 14.8. The molecule has 3 heterocycles. The highest BCUT2D eigenvalue weighted by atomic mass is 32.1. The molecule has 0 bridgehead atoms. The molecule has 0 radical (unpaired) electrons. The van der Waals surface area contributed by atoms with Crippen LogP contribution in [0.5, 0.6) is 0 Å². The second kappa shape index (κ2) is 8.40. The van der Waals surface area contributed by atoms with E-state index in [1.807, 2.05) is 32.0 Å². The molecule has 2 aromatic heterocycles. The first-order valence-corrected chi connectivity index (χ1v) is 9.62. The Hall–Kier alpha value is -1.99. The lowest BCUT2D eigenvalue weighted by atomic mass is 10.1. The summed E-state index contributed by atoms with van der Waals surface area (Å²) in [7, 11) is 0. The molecule has 0 saturated carbocycles. The summed E-state index contributed by atoms with van der Waals surface area (Å²) in [6.07, 6.45) is 3.86. The number of carbonyl (C=O) groups excluding carboxylic acids is 1. The molecular formula is C18H25N5OS. The first-order chi connectivity index (χ1) is 12.1. The molecule has 0 atom stereocenters. The summed E-state index contributed by atoms with van der Waals surface area (Å²) < 4.78 is 0. The van der Waals surface area contributed by atoms with Gasteiger partial charge in [-0.2, -0.15) is 0 Å². The molecule has 7 heteroatoms. The number of anilines is 2. The van der Waals surface area contributed by atoms with E-state index in [2.05, 4.69) is 25.5 Å². The molecule has 0 aromatic carbocycles. The van der Waals surface area contributed by atoms with Crippen LogP contribution in [-0.2, 0) is 0 Å². The molecule has 0 unspecified atom stereocenters. The highest BCUT2D eigenvalue weighted by Crippen LogP contribution is 2.25.